The minimum atomic E-state index is -0.649. The molecule has 0 aliphatic carbocycles. The van der Waals surface area contributed by atoms with Crippen LogP contribution in [-0.2, 0) is 4.79 Å². The number of amides is 1. The van der Waals surface area contributed by atoms with Gasteiger partial charge in [0.2, 0.25) is 5.91 Å². The number of carbonyl (C=O) groups is 1. The van der Waals surface area contributed by atoms with Crippen LogP contribution in [0.15, 0.2) is 22.7 Å². The summed E-state index contributed by atoms with van der Waals surface area (Å²) in [6, 6.07) is 4.46. The summed E-state index contributed by atoms with van der Waals surface area (Å²) in [6.07, 6.45) is -0.540. The lowest BCUT2D eigenvalue weighted by atomic mass is 10.3. The molecular formula is C10H9BrFNO2. The van der Waals surface area contributed by atoms with E-state index in [0.717, 1.165) is 0 Å². The zero-order valence-electron chi connectivity index (χ0n) is 7.78. The lowest BCUT2D eigenvalue weighted by molar-refractivity contribution is -0.117. The van der Waals surface area contributed by atoms with Crippen molar-refractivity contribution < 1.29 is 14.3 Å². The first-order valence-corrected chi connectivity index (χ1v) is 5.30. The van der Waals surface area contributed by atoms with Crippen molar-refractivity contribution in [2.24, 2.45) is 0 Å². The number of hydrogen-bond acceptors (Lipinski definition) is 2. The van der Waals surface area contributed by atoms with E-state index in [-0.39, 0.29) is 18.9 Å². The highest BCUT2D eigenvalue weighted by Crippen LogP contribution is 2.25. The number of aliphatic hydroxyl groups is 1. The van der Waals surface area contributed by atoms with Gasteiger partial charge in [-0.1, -0.05) is 0 Å². The lowest BCUT2D eigenvalue weighted by Gasteiger charge is -2.15. The van der Waals surface area contributed by atoms with Crippen LogP contribution < -0.4 is 4.90 Å². The van der Waals surface area contributed by atoms with Gasteiger partial charge < -0.3 is 10.0 Å². The third kappa shape index (κ3) is 2.03. The molecule has 1 aromatic carbocycles. The Balaban J connectivity index is 2.30. The molecule has 1 fully saturated rings. The molecule has 1 atom stereocenters. The van der Waals surface area contributed by atoms with Crippen LogP contribution in [0.1, 0.15) is 6.42 Å². The van der Waals surface area contributed by atoms with Crippen LogP contribution in [0.4, 0.5) is 10.1 Å². The quantitative estimate of drug-likeness (QED) is 0.846. The van der Waals surface area contributed by atoms with E-state index in [1.807, 2.05) is 0 Å². The Morgan fingerprint density at radius 3 is 2.80 bits per heavy atom. The fourth-order valence-electron chi connectivity index (χ4n) is 1.59. The molecule has 5 heteroatoms. The predicted molar refractivity (Wildman–Crippen MR) is 57.1 cm³/mol. The summed E-state index contributed by atoms with van der Waals surface area (Å²) < 4.78 is 13.6. The highest BCUT2D eigenvalue weighted by molar-refractivity contribution is 9.10. The summed E-state index contributed by atoms with van der Waals surface area (Å²) in [5.74, 6) is -0.592. The van der Waals surface area contributed by atoms with Crippen molar-refractivity contribution in [3.05, 3.63) is 28.5 Å². The van der Waals surface area contributed by atoms with Crippen LogP contribution in [0.2, 0.25) is 0 Å². The standard InChI is InChI=1S/C10H9BrFNO2/c11-8-2-1-6(3-9(8)12)13-5-7(14)4-10(13)15/h1-3,7,14H,4-5H2. The molecule has 1 amide bonds. The molecule has 1 saturated heterocycles. The molecule has 1 N–H and O–H groups in total. The van der Waals surface area contributed by atoms with E-state index >= 15 is 0 Å². The minimum Gasteiger partial charge on any atom is -0.391 e. The number of β-amino-alcohol motifs (C(OH)–C–C–N with tert-alkyl or cyclic N) is 1. The van der Waals surface area contributed by atoms with E-state index in [2.05, 4.69) is 15.9 Å². The van der Waals surface area contributed by atoms with Gasteiger partial charge in [-0.05, 0) is 34.1 Å². The van der Waals surface area contributed by atoms with E-state index in [0.29, 0.717) is 10.2 Å². The van der Waals surface area contributed by atoms with Crippen LogP contribution in [0.3, 0.4) is 0 Å². The number of benzene rings is 1. The number of carbonyl (C=O) groups excluding carboxylic acids is 1. The van der Waals surface area contributed by atoms with E-state index < -0.39 is 11.9 Å². The monoisotopic (exact) mass is 273 g/mol. The number of nitrogens with zero attached hydrogens (tertiary/aromatic N) is 1. The van der Waals surface area contributed by atoms with E-state index in [1.54, 1.807) is 12.1 Å². The molecule has 0 bridgehead atoms. The summed E-state index contributed by atoms with van der Waals surface area (Å²) in [5.41, 5.74) is 0.484. The Hall–Kier alpha value is -0.940. The number of aliphatic hydroxyl groups excluding tert-OH is 1. The molecule has 1 aromatic rings. The van der Waals surface area contributed by atoms with Gasteiger partial charge in [0.1, 0.15) is 5.82 Å². The van der Waals surface area contributed by atoms with Crippen molar-refractivity contribution in [3.63, 3.8) is 0 Å². The van der Waals surface area contributed by atoms with Crippen molar-refractivity contribution in [2.45, 2.75) is 12.5 Å². The van der Waals surface area contributed by atoms with Crippen LogP contribution in [0, 0.1) is 5.82 Å². The molecular weight excluding hydrogens is 265 g/mol. The molecule has 1 heterocycles. The molecule has 3 nitrogen and oxygen atoms in total. The highest BCUT2D eigenvalue weighted by Gasteiger charge is 2.29. The predicted octanol–water partition coefficient (Wildman–Crippen LogP) is 1.69. The van der Waals surface area contributed by atoms with E-state index in [4.69, 9.17) is 0 Å². The van der Waals surface area contributed by atoms with Crippen LogP contribution in [0.25, 0.3) is 0 Å². The third-order valence-corrected chi connectivity index (χ3v) is 2.96. The largest absolute Gasteiger partial charge is 0.391 e. The maximum Gasteiger partial charge on any atom is 0.229 e. The van der Waals surface area contributed by atoms with Crippen molar-refractivity contribution in [1.82, 2.24) is 0 Å². The number of rotatable bonds is 1. The Labute approximate surface area is 94.6 Å². The zero-order chi connectivity index (χ0) is 11.0. The molecule has 2 rings (SSSR count). The van der Waals surface area contributed by atoms with Gasteiger partial charge in [-0.15, -0.1) is 0 Å². The fourth-order valence-corrected chi connectivity index (χ4v) is 1.84. The van der Waals surface area contributed by atoms with Gasteiger partial charge in [0, 0.05) is 5.69 Å². The minimum absolute atomic E-state index is 0.109. The molecule has 0 aromatic heterocycles. The second-order valence-electron chi connectivity index (χ2n) is 3.46. The van der Waals surface area contributed by atoms with Gasteiger partial charge in [-0.2, -0.15) is 0 Å². The maximum absolute atomic E-state index is 13.2. The lowest BCUT2D eigenvalue weighted by Crippen LogP contribution is -2.25. The Kier molecular flexibility index (Phi) is 2.75. The highest BCUT2D eigenvalue weighted by atomic mass is 79.9. The molecule has 80 valence electrons. The van der Waals surface area contributed by atoms with E-state index in [1.165, 1.54) is 11.0 Å². The summed E-state index contributed by atoms with van der Waals surface area (Å²) in [5, 5.41) is 9.29. The molecule has 1 aliphatic rings. The first kappa shape index (κ1) is 10.6. The second-order valence-corrected chi connectivity index (χ2v) is 4.32. The second kappa shape index (κ2) is 3.90. The van der Waals surface area contributed by atoms with Gasteiger partial charge in [0.25, 0.3) is 0 Å². The van der Waals surface area contributed by atoms with Gasteiger partial charge in [0.15, 0.2) is 0 Å². The van der Waals surface area contributed by atoms with Crippen LogP contribution in [0.5, 0.6) is 0 Å². The smallest absolute Gasteiger partial charge is 0.229 e. The van der Waals surface area contributed by atoms with E-state index in [9.17, 15) is 14.3 Å². The molecule has 0 spiro atoms. The van der Waals surface area contributed by atoms with Gasteiger partial charge in [0.05, 0.1) is 23.5 Å². The van der Waals surface area contributed by atoms with Gasteiger partial charge in [-0.25, -0.2) is 4.39 Å². The molecule has 15 heavy (non-hydrogen) atoms. The fraction of sp³-hybridized carbons (Fsp3) is 0.300. The summed E-state index contributed by atoms with van der Waals surface area (Å²) in [4.78, 5) is 12.8. The summed E-state index contributed by atoms with van der Waals surface area (Å²) in [7, 11) is 0. The normalized spacial score (nSPS) is 21.1. The van der Waals surface area contributed by atoms with Gasteiger partial charge in [-0.3, -0.25) is 4.79 Å². The SMILES string of the molecule is O=C1CC(O)CN1c1ccc(Br)c(F)c1. The van der Waals surface area contributed by atoms with Crippen LogP contribution >= 0.6 is 15.9 Å². The topological polar surface area (TPSA) is 40.5 Å². The first-order valence-electron chi connectivity index (χ1n) is 4.51. The molecule has 0 saturated carbocycles. The van der Waals surface area contributed by atoms with Crippen molar-refractivity contribution in [1.29, 1.82) is 0 Å². The average Bonchev–Trinajstić information content (AvgIpc) is 2.50. The van der Waals surface area contributed by atoms with Crippen LogP contribution in [-0.4, -0.2) is 23.7 Å². The Bertz CT molecular complexity index is 410. The third-order valence-electron chi connectivity index (χ3n) is 2.32. The zero-order valence-corrected chi connectivity index (χ0v) is 9.37. The van der Waals surface area contributed by atoms with Crippen molar-refractivity contribution in [2.75, 3.05) is 11.4 Å². The van der Waals surface area contributed by atoms with Gasteiger partial charge >= 0.3 is 0 Å². The summed E-state index contributed by atoms with van der Waals surface area (Å²) in [6.45, 7) is 0.236. The molecule has 1 aliphatic heterocycles. The maximum atomic E-state index is 13.2. The number of hydrogen-bond donors (Lipinski definition) is 1. The average molecular weight is 274 g/mol. The Morgan fingerprint density at radius 1 is 1.53 bits per heavy atom. The molecule has 0 radical (unpaired) electrons. The molecule has 1 unspecified atom stereocenters. The van der Waals surface area contributed by atoms with Crippen molar-refractivity contribution >= 4 is 27.5 Å². The summed E-state index contributed by atoms with van der Waals surface area (Å²) >= 11 is 3.04. The first-order chi connectivity index (χ1) is 7.08. The number of anilines is 1. The Morgan fingerprint density at radius 2 is 2.27 bits per heavy atom. The van der Waals surface area contributed by atoms with Crippen molar-refractivity contribution in [3.8, 4) is 0 Å². The number of halogens is 2.